The molecule has 0 aliphatic rings. The first-order chi connectivity index (χ1) is 6.00. The Hall–Kier alpha value is -1.51. The van der Waals surface area contributed by atoms with Crippen molar-refractivity contribution in [2.45, 2.75) is 19.8 Å². The second-order valence-corrected chi connectivity index (χ2v) is 3.27. The maximum Gasteiger partial charge on any atom is 0.335 e. The van der Waals surface area contributed by atoms with Gasteiger partial charge in [-0.2, -0.15) is 0 Å². The first kappa shape index (κ1) is 9.58. The largest absolute Gasteiger partial charge is 0.508 e. The molecule has 0 fully saturated rings. The van der Waals surface area contributed by atoms with Gasteiger partial charge in [0.05, 0.1) is 5.56 Å². The molecule has 2 N–H and O–H groups in total. The van der Waals surface area contributed by atoms with Gasteiger partial charge in [0, 0.05) is 0 Å². The molecule has 0 spiro atoms. The van der Waals surface area contributed by atoms with E-state index >= 15 is 0 Å². The summed E-state index contributed by atoms with van der Waals surface area (Å²) in [6.45, 7) is 3.89. The Kier molecular flexibility index (Phi) is 2.56. The molecule has 1 aromatic rings. The van der Waals surface area contributed by atoms with Crippen molar-refractivity contribution in [3.63, 3.8) is 0 Å². The van der Waals surface area contributed by atoms with Crippen LogP contribution in [0.3, 0.4) is 0 Å². The van der Waals surface area contributed by atoms with Gasteiger partial charge in [-0.3, -0.25) is 0 Å². The number of hydrogen-bond donors (Lipinski definition) is 2. The number of phenolic OH excluding ortho intramolecular Hbond substituents is 1. The van der Waals surface area contributed by atoms with Crippen molar-refractivity contribution < 1.29 is 15.0 Å². The molecule has 70 valence electrons. The van der Waals surface area contributed by atoms with Gasteiger partial charge in [0.15, 0.2) is 0 Å². The van der Waals surface area contributed by atoms with E-state index in [1.807, 2.05) is 13.8 Å². The molecule has 0 aliphatic heterocycles. The summed E-state index contributed by atoms with van der Waals surface area (Å²) >= 11 is 0. The Bertz CT molecular complexity index is 329. The molecule has 0 amide bonds. The topological polar surface area (TPSA) is 57.5 Å². The van der Waals surface area contributed by atoms with Crippen LogP contribution < -0.4 is 0 Å². The molecule has 1 rings (SSSR count). The molecular formula is C10H12O3. The zero-order valence-electron chi connectivity index (χ0n) is 7.61. The van der Waals surface area contributed by atoms with E-state index in [1.165, 1.54) is 6.07 Å². The summed E-state index contributed by atoms with van der Waals surface area (Å²) in [5, 5.41) is 17.9. The van der Waals surface area contributed by atoms with E-state index in [9.17, 15) is 9.90 Å². The third-order valence-corrected chi connectivity index (χ3v) is 1.85. The molecular weight excluding hydrogens is 168 g/mol. The van der Waals surface area contributed by atoms with Crippen LogP contribution in [0.1, 0.15) is 35.7 Å². The number of phenols is 1. The number of rotatable bonds is 2. The summed E-state index contributed by atoms with van der Waals surface area (Å²) < 4.78 is 0. The van der Waals surface area contributed by atoms with Crippen molar-refractivity contribution in [1.82, 2.24) is 0 Å². The minimum atomic E-state index is -1.02. The Morgan fingerprint density at radius 2 is 1.92 bits per heavy atom. The average molecular weight is 180 g/mol. The first-order valence-electron chi connectivity index (χ1n) is 4.08. The fraction of sp³-hybridized carbons (Fsp3) is 0.300. The van der Waals surface area contributed by atoms with Gasteiger partial charge in [0.2, 0.25) is 0 Å². The van der Waals surface area contributed by atoms with Gasteiger partial charge in [-0.05, 0) is 29.7 Å². The smallest absolute Gasteiger partial charge is 0.335 e. The lowest BCUT2D eigenvalue weighted by Gasteiger charge is -2.06. The molecule has 13 heavy (non-hydrogen) atoms. The zero-order valence-corrected chi connectivity index (χ0v) is 7.61. The molecule has 3 heteroatoms. The maximum atomic E-state index is 10.6. The van der Waals surface area contributed by atoms with Crippen molar-refractivity contribution in [2.75, 3.05) is 0 Å². The molecule has 0 radical (unpaired) electrons. The summed E-state index contributed by atoms with van der Waals surface area (Å²) in [5.41, 5.74) is 0.959. The molecule has 3 nitrogen and oxygen atoms in total. The van der Waals surface area contributed by atoms with E-state index in [-0.39, 0.29) is 17.2 Å². The van der Waals surface area contributed by atoms with Crippen LogP contribution in [0.5, 0.6) is 5.75 Å². The van der Waals surface area contributed by atoms with E-state index in [1.54, 1.807) is 12.1 Å². The number of hydrogen-bond acceptors (Lipinski definition) is 2. The summed E-state index contributed by atoms with van der Waals surface area (Å²) in [6, 6.07) is 4.40. The third kappa shape index (κ3) is 2.21. The van der Waals surface area contributed by atoms with Crippen molar-refractivity contribution in [2.24, 2.45) is 0 Å². The first-order valence-corrected chi connectivity index (χ1v) is 4.08. The van der Waals surface area contributed by atoms with Gasteiger partial charge in [0.1, 0.15) is 5.75 Å². The summed E-state index contributed by atoms with van der Waals surface area (Å²) in [7, 11) is 0. The fourth-order valence-corrected chi connectivity index (χ4v) is 1.09. The van der Waals surface area contributed by atoms with E-state index in [0.717, 1.165) is 5.56 Å². The number of aromatic carboxylic acids is 1. The molecule has 0 heterocycles. The quantitative estimate of drug-likeness (QED) is 0.733. The van der Waals surface area contributed by atoms with Crippen molar-refractivity contribution >= 4 is 5.97 Å². The van der Waals surface area contributed by atoms with Crippen LogP contribution in [0.2, 0.25) is 0 Å². The van der Waals surface area contributed by atoms with Crippen LogP contribution in [-0.2, 0) is 0 Å². The van der Waals surface area contributed by atoms with Crippen LogP contribution in [0.15, 0.2) is 18.2 Å². The molecule has 0 saturated carbocycles. The highest BCUT2D eigenvalue weighted by atomic mass is 16.4. The Morgan fingerprint density at radius 3 is 2.38 bits per heavy atom. The summed E-state index contributed by atoms with van der Waals surface area (Å²) in [6.07, 6.45) is 0. The number of aromatic hydroxyl groups is 1. The van der Waals surface area contributed by atoms with E-state index < -0.39 is 5.97 Å². The lowest BCUT2D eigenvalue weighted by molar-refractivity contribution is 0.0696. The number of carboxylic acids is 1. The van der Waals surface area contributed by atoms with Gasteiger partial charge >= 0.3 is 5.97 Å². The lowest BCUT2D eigenvalue weighted by Crippen LogP contribution is -1.98. The third-order valence-electron chi connectivity index (χ3n) is 1.85. The van der Waals surface area contributed by atoms with E-state index in [2.05, 4.69) is 0 Å². The predicted molar refractivity (Wildman–Crippen MR) is 49.2 cm³/mol. The zero-order chi connectivity index (χ0) is 10.0. The molecule has 1 aromatic carbocycles. The van der Waals surface area contributed by atoms with Crippen LogP contribution in [0, 0.1) is 0 Å². The van der Waals surface area contributed by atoms with Crippen LogP contribution in [0.4, 0.5) is 0 Å². The van der Waals surface area contributed by atoms with Crippen LogP contribution in [-0.4, -0.2) is 16.2 Å². The van der Waals surface area contributed by atoms with E-state index in [4.69, 9.17) is 5.11 Å². The number of benzene rings is 1. The normalized spacial score (nSPS) is 10.4. The molecule has 0 saturated heterocycles. The molecule has 0 unspecified atom stereocenters. The second-order valence-electron chi connectivity index (χ2n) is 3.27. The average Bonchev–Trinajstić information content (AvgIpc) is 2.03. The van der Waals surface area contributed by atoms with Gasteiger partial charge in [-0.25, -0.2) is 4.79 Å². The standard InChI is InChI=1S/C10H12O3/c1-6(2)7-3-8(10(12)13)5-9(11)4-7/h3-6,11H,1-2H3,(H,12,13). The Morgan fingerprint density at radius 1 is 1.31 bits per heavy atom. The van der Waals surface area contributed by atoms with E-state index in [0.29, 0.717) is 0 Å². The minimum Gasteiger partial charge on any atom is -0.508 e. The van der Waals surface area contributed by atoms with Crippen LogP contribution in [0.25, 0.3) is 0 Å². The molecule has 0 atom stereocenters. The Labute approximate surface area is 76.6 Å². The van der Waals surface area contributed by atoms with Crippen molar-refractivity contribution in [3.05, 3.63) is 29.3 Å². The lowest BCUT2D eigenvalue weighted by atomic mass is 10.0. The predicted octanol–water partition coefficient (Wildman–Crippen LogP) is 2.21. The number of carbonyl (C=O) groups is 1. The molecule has 0 aliphatic carbocycles. The number of carboxylic acid groups (broad SMARTS) is 1. The van der Waals surface area contributed by atoms with Crippen LogP contribution >= 0.6 is 0 Å². The van der Waals surface area contributed by atoms with Gasteiger partial charge in [0.25, 0.3) is 0 Å². The van der Waals surface area contributed by atoms with Gasteiger partial charge in [-0.15, -0.1) is 0 Å². The maximum absolute atomic E-state index is 10.6. The van der Waals surface area contributed by atoms with Gasteiger partial charge in [-0.1, -0.05) is 13.8 Å². The molecule has 0 bridgehead atoms. The van der Waals surface area contributed by atoms with Crippen molar-refractivity contribution in [3.8, 4) is 5.75 Å². The Balaban J connectivity index is 3.19. The molecule has 0 aromatic heterocycles. The highest BCUT2D eigenvalue weighted by Gasteiger charge is 2.08. The summed E-state index contributed by atoms with van der Waals surface area (Å²) in [4.78, 5) is 10.6. The summed E-state index contributed by atoms with van der Waals surface area (Å²) in [5.74, 6) is -0.799. The highest BCUT2D eigenvalue weighted by molar-refractivity contribution is 5.88. The SMILES string of the molecule is CC(C)c1cc(O)cc(C(=O)O)c1. The minimum absolute atomic E-state index is 0.00333. The fourth-order valence-electron chi connectivity index (χ4n) is 1.09. The van der Waals surface area contributed by atoms with Crippen molar-refractivity contribution in [1.29, 1.82) is 0 Å². The second kappa shape index (κ2) is 3.47. The van der Waals surface area contributed by atoms with Gasteiger partial charge < -0.3 is 10.2 Å². The highest BCUT2D eigenvalue weighted by Crippen LogP contribution is 2.21. The monoisotopic (exact) mass is 180 g/mol.